The molecule has 2 aromatic rings. The third-order valence-electron chi connectivity index (χ3n) is 9.41. The van der Waals surface area contributed by atoms with Crippen LogP contribution in [0.15, 0.2) is 29.8 Å². The van der Waals surface area contributed by atoms with Crippen LogP contribution in [0.3, 0.4) is 0 Å². The predicted molar refractivity (Wildman–Crippen MR) is 150 cm³/mol. The SMILES string of the molecule is COc1cccc(O)c1[C@H]1C2=CC[C@@H]3C(=O)N(CCC(=O)O)C(=O)[C@@H]3[C@@H]2C[C@@]2(Cl)C(=O)N(c3c(F)c(F)c(F)c(F)c3F)C(=O)[C@@]12Cl. The average molecular weight is 703 g/mol. The second-order valence-corrected chi connectivity index (χ2v) is 12.8. The zero-order chi connectivity index (χ0) is 34.5. The first-order chi connectivity index (χ1) is 22.0. The van der Waals surface area contributed by atoms with Crippen LogP contribution < -0.4 is 9.64 Å². The normalized spacial score (nSPS) is 29.9. The Morgan fingerprint density at radius 3 is 2.17 bits per heavy atom. The molecule has 2 aliphatic heterocycles. The van der Waals surface area contributed by atoms with Gasteiger partial charge in [0.15, 0.2) is 33.0 Å². The van der Waals surface area contributed by atoms with Crippen LogP contribution in [-0.2, 0) is 24.0 Å². The summed E-state index contributed by atoms with van der Waals surface area (Å²) in [6, 6.07) is 3.84. The summed E-state index contributed by atoms with van der Waals surface area (Å²) in [5.41, 5.74) is -2.10. The molecule has 10 nitrogen and oxygen atoms in total. The third-order valence-corrected chi connectivity index (χ3v) is 10.8. The molecule has 0 bridgehead atoms. The maximum Gasteiger partial charge on any atom is 0.305 e. The Hall–Kier alpha value is -4.24. The highest BCUT2D eigenvalue weighted by Crippen LogP contribution is 2.67. The van der Waals surface area contributed by atoms with Gasteiger partial charge in [0.2, 0.25) is 17.6 Å². The summed E-state index contributed by atoms with van der Waals surface area (Å²) in [4.78, 5) is 61.4. The number of phenols is 1. The van der Waals surface area contributed by atoms with Crippen LogP contribution in [0.5, 0.6) is 11.5 Å². The van der Waals surface area contributed by atoms with E-state index in [2.05, 4.69) is 0 Å². The van der Waals surface area contributed by atoms with E-state index in [0.717, 1.165) is 11.0 Å². The van der Waals surface area contributed by atoms with Gasteiger partial charge < -0.3 is 14.9 Å². The number of hydrogen-bond acceptors (Lipinski definition) is 7. The van der Waals surface area contributed by atoms with Crippen molar-refractivity contribution < 1.29 is 60.9 Å². The Bertz CT molecular complexity index is 1830. The lowest BCUT2D eigenvalue weighted by Gasteiger charge is -2.50. The molecule has 0 spiro atoms. The quantitative estimate of drug-likeness (QED) is 0.114. The number of allylic oxidation sites excluding steroid dienone is 2. The number of hydrogen-bond donors (Lipinski definition) is 2. The van der Waals surface area contributed by atoms with Crippen LogP contribution in [0.4, 0.5) is 27.6 Å². The first-order valence-corrected chi connectivity index (χ1v) is 14.7. The van der Waals surface area contributed by atoms with Gasteiger partial charge >= 0.3 is 5.97 Å². The molecule has 2 aliphatic carbocycles. The lowest BCUT2D eigenvalue weighted by atomic mass is 9.56. The molecule has 4 aliphatic rings. The van der Waals surface area contributed by atoms with Gasteiger partial charge in [0.05, 0.1) is 25.4 Å². The van der Waals surface area contributed by atoms with Gasteiger partial charge in [0.25, 0.3) is 11.8 Å². The van der Waals surface area contributed by atoms with Crippen LogP contribution in [0.25, 0.3) is 0 Å². The molecule has 4 amide bonds. The summed E-state index contributed by atoms with van der Waals surface area (Å²) in [5, 5.41) is 20.2. The first-order valence-electron chi connectivity index (χ1n) is 14.0. The number of alkyl halides is 2. The predicted octanol–water partition coefficient (Wildman–Crippen LogP) is 4.13. The molecule has 2 aromatic carbocycles. The van der Waals surface area contributed by atoms with Crippen LogP contribution in [0, 0.1) is 46.8 Å². The highest BCUT2D eigenvalue weighted by Gasteiger charge is 2.77. The number of aromatic hydroxyl groups is 1. The summed E-state index contributed by atoms with van der Waals surface area (Å²) in [5.74, 6) is -24.8. The van der Waals surface area contributed by atoms with Gasteiger partial charge in [-0.05, 0) is 30.9 Å². The number of carboxylic acids is 1. The van der Waals surface area contributed by atoms with Gasteiger partial charge in [0, 0.05) is 18.0 Å². The number of carbonyl (C=O) groups excluding carboxylic acids is 4. The lowest BCUT2D eigenvalue weighted by Crippen LogP contribution is -2.60. The van der Waals surface area contributed by atoms with E-state index in [1.807, 2.05) is 0 Å². The van der Waals surface area contributed by atoms with Crippen LogP contribution in [0.1, 0.15) is 30.7 Å². The van der Waals surface area contributed by atoms with Crippen molar-refractivity contribution in [2.75, 3.05) is 18.6 Å². The van der Waals surface area contributed by atoms with E-state index in [1.165, 1.54) is 25.3 Å². The van der Waals surface area contributed by atoms with Gasteiger partial charge in [-0.15, -0.1) is 23.2 Å². The molecule has 3 fully saturated rings. The second kappa shape index (κ2) is 10.9. The molecule has 2 N–H and O–H groups in total. The standard InChI is InChI=1S/C30H21Cl2F5N2O8/c1-47-14-4-2-3-13(40)17(14)18-10-5-6-11-16(26(44)38(25(11)43)8-7-15(41)42)12(10)9-29(31)27(45)39(28(46)30(18,29)32)24-22(36)20(34)19(33)21(35)23(24)37/h2-5,11-12,16,18,40H,6-9H2,1H3,(H,41,42)/t11-,12+,16-,18+,29+,30-/m0/s1. The number of aliphatic carboxylic acids is 1. The molecular weight excluding hydrogens is 682 g/mol. The largest absolute Gasteiger partial charge is 0.508 e. The smallest absolute Gasteiger partial charge is 0.305 e. The second-order valence-electron chi connectivity index (χ2n) is 11.6. The number of rotatable bonds is 6. The molecule has 0 unspecified atom stereocenters. The molecule has 0 aromatic heterocycles. The highest BCUT2D eigenvalue weighted by molar-refractivity contribution is 6.58. The minimum absolute atomic E-state index is 0.0963. The van der Waals surface area contributed by atoms with E-state index >= 15 is 8.78 Å². The van der Waals surface area contributed by atoms with Crippen LogP contribution in [0.2, 0.25) is 0 Å². The number of phenolic OH excluding ortho intramolecular Hbond substituents is 1. The molecule has 47 heavy (non-hydrogen) atoms. The number of methoxy groups -OCH3 is 1. The number of carboxylic acid groups (broad SMARTS) is 1. The Kier molecular flexibility index (Phi) is 7.59. The Labute approximate surface area is 271 Å². The fourth-order valence-corrected chi connectivity index (χ4v) is 8.30. The molecule has 248 valence electrons. The van der Waals surface area contributed by atoms with Crippen molar-refractivity contribution in [2.24, 2.45) is 17.8 Å². The molecule has 6 atom stereocenters. The van der Waals surface area contributed by atoms with Crippen molar-refractivity contribution in [3.63, 3.8) is 0 Å². The molecule has 0 radical (unpaired) electrons. The highest BCUT2D eigenvalue weighted by atomic mass is 35.5. The summed E-state index contributed by atoms with van der Waals surface area (Å²) in [6.45, 7) is -0.477. The third kappa shape index (κ3) is 4.17. The van der Waals surface area contributed by atoms with E-state index in [0.29, 0.717) is 0 Å². The molecule has 2 heterocycles. The van der Waals surface area contributed by atoms with Crippen molar-refractivity contribution in [1.82, 2.24) is 4.90 Å². The number of ether oxygens (including phenoxy) is 1. The van der Waals surface area contributed by atoms with E-state index in [-0.39, 0.29) is 28.2 Å². The number of amides is 4. The van der Waals surface area contributed by atoms with Crippen LogP contribution >= 0.6 is 23.2 Å². The van der Waals surface area contributed by atoms with Gasteiger partial charge in [-0.3, -0.25) is 28.9 Å². The minimum Gasteiger partial charge on any atom is -0.508 e. The molecule has 1 saturated carbocycles. The van der Waals surface area contributed by atoms with Crippen molar-refractivity contribution in [3.8, 4) is 11.5 Å². The zero-order valence-electron chi connectivity index (χ0n) is 23.8. The fraction of sp³-hybridized carbons (Fsp3) is 0.367. The zero-order valence-corrected chi connectivity index (χ0v) is 25.3. The first kappa shape index (κ1) is 32.7. The molecule has 17 heteroatoms. The maximum absolute atomic E-state index is 15.1. The number of anilines is 1. The number of likely N-dealkylation sites (tertiary alicyclic amines) is 1. The summed E-state index contributed by atoms with van der Waals surface area (Å²) < 4.78 is 78.2. The monoisotopic (exact) mass is 702 g/mol. The van der Waals surface area contributed by atoms with Crippen molar-refractivity contribution in [1.29, 1.82) is 0 Å². The Morgan fingerprint density at radius 1 is 0.957 bits per heavy atom. The van der Waals surface area contributed by atoms with Gasteiger partial charge in [-0.1, -0.05) is 17.7 Å². The van der Waals surface area contributed by atoms with E-state index < -0.39 is 123 Å². The fourth-order valence-electron chi connectivity index (χ4n) is 7.38. The topological polar surface area (TPSA) is 142 Å². The van der Waals surface area contributed by atoms with Gasteiger partial charge in [0.1, 0.15) is 17.2 Å². The Morgan fingerprint density at radius 2 is 1.57 bits per heavy atom. The average Bonchev–Trinajstić information content (AvgIpc) is 3.36. The van der Waals surface area contributed by atoms with Crippen molar-refractivity contribution >= 4 is 58.5 Å². The summed E-state index contributed by atoms with van der Waals surface area (Å²) >= 11 is 14.0. The molecule has 2 saturated heterocycles. The molecule has 6 rings (SSSR count). The molecular formula is C30H21Cl2F5N2O8. The van der Waals surface area contributed by atoms with E-state index in [1.54, 1.807) is 0 Å². The number of fused-ring (bicyclic) bond motifs is 4. The van der Waals surface area contributed by atoms with Crippen LogP contribution in [-0.4, -0.2) is 68.1 Å². The number of halogens is 7. The Balaban J connectivity index is 1.59. The van der Waals surface area contributed by atoms with E-state index in [9.17, 15) is 42.3 Å². The van der Waals surface area contributed by atoms with E-state index in [4.69, 9.17) is 33.0 Å². The minimum atomic E-state index is -2.85. The summed E-state index contributed by atoms with van der Waals surface area (Å²) in [7, 11) is 1.18. The summed E-state index contributed by atoms with van der Waals surface area (Å²) in [6.07, 6.45) is -0.0378. The number of nitrogens with zero attached hydrogens (tertiary/aromatic N) is 2. The van der Waals surface area contributed by atoms with Crippen molar-refractivity contribution in [2.45, 2.75) is 34.9 Å². The van der Waals surface area contributed by atoms with Gasteiger partial charge in [-0.25, -0.2) is 26.9 Å². The number of benzene rings is 2. The van der Waals surface area contributed by atoms with Gasteiger partial charge in [-0.2, -0.15) is 0 Å². The maximum atomic E-state index is 15.1. The number of carbonyl (C=O) groups is 5. The number of imide groups is 2. The van der Waals surface area contributed by atoms with Crippen molar-refractivity contribution in [3.05, 3.63) is 64.5 Å². The lowest BCUT2D eigenvalue weighted by molar-refractivity contribution is -0.142.